The number of hydrogen-bond acceptors (Lipinski definition) is 1. The van der Waals surface area contributed by atoms with E-state index in [4.69, 9.17) is 16.6 Å². The van der Waals surface area contributed by atoms with Gasteiger partial charge in [-0.15, -0.1) is 0 Å². The van der Waals surface area contributed by atoms with E-state index in [1.807, 2.05) is 24.3 Å². The number of nitrogens with zero attached hydrogens (tertiary/aromatic N) is 2. The molecule has 4 rings (SSSR count). The summed E-state index contributed by atoms with van der Waals surface area (Å²) >= 11 is 6.23. The fourth-order valence-corrected chi connectivity index (χ4v) is 4.18. The summed E-state index contributed by atoms with van der Waals surface area (Å²) in [4.78, 5) is 5.01. The molecule has 2 nitrogen and oxygen atoms in total. The molecular formula is C26H27ClN2. The Labute approximate surface area is 178 Å². The first kappa shape index (κ1) is 19.7. The summed E-state index contributed by atoms with van der Waals surface area (Å²) in [5, 5.41) is 0.766. The molecule has 0 spiro atoms. The Morgan fingerprint density at radius 2 is 1.62 bits per heavy atom. The molecule has 29 heavy (non-hydrogen) atoms. The highest BCUT2D eigenvalue weighted by atomic mass is 35.5. The summed E-state index contributed by atoms with van der Waals surface area (Å²) in [7, 11) is 0. The Bertz CT molecular complexity index is 1110. The van der Waals surface area contributed by atoms with Crippen LogP contribution in [0, 0.1) is 5.92 Å². The lowest BCUT2D eigenvalue weighted by molar-refractivity contribution is 0.646. The Balaban J connectivity index is 1.72. The van der Waals surface area contributed by atoms with Crippen LogP contribution in [-0.2, 0) is 13.0 Å². The average Bonchev–Trinajstić information content (AvgIpc) is 3.06. The molecule has 3 aromatic carbocycles. The molecule has 0 aliphatic carbocycles. The molecule has 1 atom stereocenters. The molecule has 4 aromatic rings. The van der Waals surface area contributed by atoms with E-state index in [9.17, 15) is 0 Å². The molecule has 3 heteroatoms. The van der Waals surface area contributed by atoms with Crippen molar-refractivity contribution in [2.75, 3.05) is 0 Å². The van der Waals surface area contributed by atoms with E-state index in [1.54, 1.807) is 0 Å². The first-order valence-corrected chi connectivity index (χ1v) is 10.7. The van der Waals surface area contributed by atoms with E-state index < -0.39 is 0 Å². The minimum atomic E-state index is 0.203. The van der Waals surface area contributed by atoms with E-state index in [0.29, 0.717) is 5.92 Å². The predicted molar refractivity (Wildman–Crippen MR) is 123 cm³/mol. The summed E-state index contributed by atoms with van der Waals surface area (Å²) in [5.74, 6) is 1.96. The van der Waals surface area contributed by atoms with E-state index in [0.717, 1.165) is 34.8 Å². The van der Waals surface area contributed by atoms with Gasteiger partial charge < -0.3 is 4.57 Å². The summed E-state index contributed by atoms with van der Waals surface area (Å²) in [6, 6.07) is 25.5. The van der Waals surface area contributed by atoms with Gasteiger partial charge in [0.2, 0.25) is 0 Å². The van der Waals surface area contributed by atoms with Gasteiger partial charge in [0.1, 0.15) is 5.82 Å². The largest absolute Gasteiger partial charge is 0.323 e. The van der Waals surface area contributed by atoms with Gasteiger partial charge in [-0.05, 0) is 53.3 Å². The summed E-state index contributed by atoms with van der Waals surface area (Å²) in [6.07, 6.45) is 1.11. The number of benzene rings is 3. The normalized spacial score (nSPS) is 12.6. The predicted octanol–water partition coefficient (Wildman–Crippen LogP) is 7.09. The second-order valence-electron chi connectivity index (χ2n) is 8.24. The summed E-state index contributed by atoms with van der Waals surface area (Å²) < 4.78 is 2.33. The summed E-state index contributed by atoms with van der Waals surface area (Å²) in [6.45, 7) is 7.52. The van der Waals surface area contributed by atoms with Crippen molar-refractivity contribution in [1.29, 1.82) is 0 Å². The SMILES string of the molecule is CC(C)Cc1ccc(C(C)c2nc3ccccc3n2Cc2cccc(Cl)c2)cc1. The van der Waals surface area contributed by atoms with Gasteiger partial charge in [0, 0.05) is 17.5 Å². The number of halogens is 1. The molecule has 1 unspecified atom stereocenters. The molecule has 0 aliphatic rings. The highest BCUT2D eigenvalue weighted by Crippen LogP contribution is 2.29. The third kappa shape index (κ3) is 4.38. The van der Waals surface area contributed by atoms with Crippen LogP contribution < -0.4 is 0 Å². The molecular weight excluding hydrogens is 376 g/mol. The van der Waals surface area contributed by atoms with Gasteiger partial charge in [-0.2, -0.15) is 0 Å². The van der Waals surface area contributed by atoms with Gasteiger partial charge in [0.15, 0.2) is 0 Å². The van der Waals surface area contributed by atoms with Crippen molar-refractivity contribution >= 4 is 22.6 Å². The van der Waals surface area contributed by atoms with Crippen LogP contribution in [0.15, 0.2) is 72.8 Å². The zero-order valence-electron chi connectivity index (χ0n) is 17.3. The van der Waals surface area contributed by atoms with Crippen molar-refractivity contribution in [1.82, 2.24) is 9.55 Å². The number of para-hydroxylation sites is 2. The third-order valence-corrected chi connectivity index (χ3v) is 5.66. The topological polar surface area (TPSA) is 17.8 Å². The number of hydrogen-bond donors (Lipinski definition) is 0. The maximum Gasteiger partial charge on any atom is 0.117 e. The first-order chi connectivity index (χ1) is 14.0. The molecule has 148 valence electrons. The number of fused-ring (bicyclic) bond motifs is 1. The second kappa shape index (κ2) is 8.42. The Hall–Kier alpha value is -2.58. The summed E-state index contributed by atoms with van der Waals surface area (Å²) in [5.41, 5.74) is 6.06. The maximum atomic E-state index is 6.23. The second-order valence-corrected chi connectivity index (χ2v) is 8.67. The van der Waals surface area contributed by atoms with Crippen LogP contribution in [0.3, 0.4) is 0 Å². The Kier molecular flexibility index (Phi) is 5.73. The minimum absolute atomic E-state index is 0.203. The maximum absolute atomic E-state index is 6.23. The molecule has 0 N–H and O–H groups in total. The standard InChI is InChI=1S/C26H27ClN2/c1-18(2)15-20-11-13-22(14-12-20)19(3)26-28-24-9-4-5-10-25(24)29(26)17-21-7-6-8-23(27)16-21/h4-14,16,18-19H,15,17H2,1-3H3. The van der Waals surface area contributed by atoms with Gasteiger partial charge in [-0.3, -0.25) is 0 Å². The number of imidazole rings is 1. The molecule has 0 amide bonds. The van der Waals surface area contributed by atoms with E-state index in [2.05, 4.69) is 73.9 Å². The lowest BCUT2D eigenvalue weighted by Gasteiger charge is -2.16. The van der Waals surface area contributed by atoms with Crippen LogP contribution in [0.4, 0.5) is 0 Å². The van der Waals surface area contributed by atoms with Gasteiger partial charge >= 0.3 is 0 Å². The van der Waals surface area contributed by atoms with Crippen molar-refractivity contribution in [3.63, 3.8) is 0 Å². The lowest BCUT2D eigenvalue weighted by Crippen LogP contribution is -2.09. The quantitative estimate of drug-likeness (QED) is 0.336. The minimum Gasteiger partial charge on any atom is -0.323 e. The van der Waals surface area contributed by atoms with Crippen molar-refractivity contribution in [2.45, 2.75) is 39.7 Å². The highest BCUT2D eigenvalue weighted by Gasteiger charge is 2.18. The monoisotopic (exact) mass is 402 g/mol. The van der Waals surface area contributed by atoms with Gasteiger partial charge in [0.25, 0.3) is 0 Å². The van der Waals surface area contributed by atoms with Crippen LogP contribution in [0.1, 0.15) is 49.2 Å². The molecule has 0 aliphatic heterocycles. The van der Waals surface area contributed by atoms with E-state index in [-0.39, 0.29) is 5.92 Å². The molecule has 0 bridgehead atoms. The van der Waals surface area contributed by atoms with Crippen molar-refractivity contribution in [3.05, 3.63) is 100 Å². The zero-order chi connectivity index (χ0) is 20.4. The van der Waals surface area contributed by atoms with Gasteiger partial charge in [-0.25, -0.2) is 4.98 Å². The fourth-order valence-electron chi connectivity index (χ4n) is 3.97. The first-order valence-electron chi connectivity index (χ1n) is 10.3. The van der Waals surface area contributed by atoms with Crippen LogP contribution in [-0.4, -0.2) is 9.55 Å². The Morgan fingerprint density at radius 1 is 0.862 bits per heavy atom. The lowest BCUT2D eigenvalue weighted by atomic mass is 9.96. The molecule has 1 aromatic heterocycles. The van der Waals surface area contributed by atoms with Crippen LogP contribution in [0.2, 0.25) is 5.02 Å². The third-order valence-electron chi connectivity index (χ3n) is 5.42. The molecule has 0 saturated carbocycles. The molecule has 0 saturated heterocycles. The van der Waals surface area contributed by atoms with Crippen LogP contribution in [0.25, 0.3) is 11.0 Å². The number of rotatable bonds is 6. The van der Waals surface area contributed by atoms with Crippen LogP contribution in [0.5, 0.6) is 0 Å². The van der Waals surface area contributed by atoms with E-state index in [1.165, 1.54) is 16.7 Å². The smallest absolute Gasteiger partial charge is 0.117 e. The van der Waals surface area contributed by atoms with Crippen molar-refractivity contribution in [2.24, 2.45) is 5.92 Å². The number of aromatic nitrogens is 2. The molecule has 0 fully saturated rings. The molecule has 1 heterocycles. The average molecular weight is 403 g/mol. The fraction of sp³-hybridized carbons (Fsp3) is 0.269. The molecule has 0 radical (unpaired) electrons. The van der Waals surface area contributed by atoms with Gasteiger partial charge in [-0.1, -0.05) is 80.9 Å². The van der Waals surface area contributed by atoms with Crippen molar-refractivity contribution in [3.8, 4) is 0 Å². The van der Waals surface area contributed by atoms with Gasteiger partial charge in [0.05, 0.1) is 11.0 Å². The van der Waals surface area contributed by atoms with E-state index >= 15 is 0 Å². The Morgan fingerprint density at radius 3 is 2.34 bits per heavy atom. The zero-order valence-corrected chi connectivity index (χ0v) is 18.0. The highest BCUT2D eigenvalue weighted by molar-refractivity contribution is 6.30. The van der Waals surface area contributed by atoms with Crippen molar-refractivity contribution < 1.29 is 0 Å². The van der Waals surface area contributed by atoms with Crippen LogP contribution >= 0.6 is 11.6 Å².